The first-order chi connectivity index (χ1) is 14.1. The summed E-state index contributed by atoms with van der Waals surface area (Å²) in [4.78, 5) is 12.1. The van der Waals surface area contributed by atoms with E-state index in [1.807, 2.05) is 0 Å². The third-order valence-electron chi connectivity index (χ3n) is 4.96. The summed E-state index contributed by atoms with van der Waals surface area (Å²) in [5, 5.41) is 11.4. The maximum absolute atomic E-state index is 12.1. The van der Waals surface area contributed by atoms with Gasteiger partial charge in [-0.2, -0.15) is 0 Å². The van der Waals surface area contributed by atoms with Crippen LogP contribution in [0.3, 0.4) is 0 Å². The summed E-state index contributed by atoms with van der Waals surface area (Å²) in [6, 6.07) is 3.47. The first kappa shape index (κ1) is 21.3. The highest BCUT2D eigenvalue weighted by atomic mass is 32.2. The van der Waals surface area contributed by atoms with E-state index in [0.717, 1.165) is 6.54 Å². The van der Waals surface area contributed by atoms with Gasteiger partial charge in [0.25, 0.3) is 5.22 Å². The number of ether oxygens (including phenoxy) is 3. The Morgan fingerprint density at radius 2 is 1.79 bits per heavy atom. The molecule has 8 nitrogen and oxygen atoms in total. The van der Waals surface area contributed by atoms with Crippen molar-refractivity contribution in [3.8, 4) is 28.7 Å². The van der Waals surface area contributed by atoms with Crippen molar-refractivity contribution in [2.75, 3.05) is 33.6 Å². The van der Waals surface area contributed by atoms with E-state index in [2.05, 4.69) is 15.5 Å². The van der Waals surface area contributed by atoms with Gasteiger partial charge in [-0.3, -0.25) is 4.79 Å². The van der Waals surface area contributed by atoms with Crippen LogP contribution >= 0.6 is 11.8 Å². The smallest absolute Gasteiger partial charge is 0.277 e. The number of hydrogen-bond acceptors (Lipinski definition) is 8. The normalized spacial score (nSPS) is 14.4. The van der Waals surface area contributed by atoms with Gasteiger partial charge in [0.2, 0.25) is 17.5 Å². The molecule has 1 amide bonds. The van der Waals surface area contributed by atoms with Crippen molar-refractivity contribution >= 4 is 17.7 Å². The summed E-state index contributed by atoms with van der Waals surface area (Å²) in [7, 11) is 4.63. The Kier molecular flexibility index (Phi) is 7.62. The molecule has 0 spiro atoms. The van der Waals surface area contributed by atoms with Crippen molar-refractivity contribution in [2.45, 2.75) is 37.3 Å². The van der Waals surface area contributed by atoms with Gasteiger partial charge in [-0.15, -0.1) is 10.2 Å². The molecule has 1 N–H and O–H groups in total. The van der Waals surface area contributed by atoms with Gasteiger partial charge in [-0.05, 0) is 30.9 Å². The molecular formula is C20H27N3O5S. The second-order valence-corrected chi connectivity index (χ2v) is 7.81. The number of thioether (sulfide) groups is 1. The Morgan fingerprint density at radius 1 is 1.10 bits per heavy atom. The summed E-state index contributed by atoms with van der Waals surface area (Å²) in [6.45, 7) is 0.750. The third-order valence-corrected chi connectivity index (χ3v) is 5.78. The average Bonchev–Trinajstić information content (AvgIpc) is 3.25. The first-order valence-electron chi connectivity index (χ1n) is 9.68. The Hall–Kier alpha value is -2.42. The maximum atomic E-state index is 12.1. The summed E-state index contributed by atoms with van der Waals surface area (Å²) in [5.74, 6) is 2.62. The SMILES string of the molecule is COc1cc(-c2nnc(SCC(=O)NCC3CCCCC3)o2)cc(OC)c1OC. The number of nitrogens with zero attached hydrogens (tertiary/aromatic N) is 2. The molecule has 1 heterocycles. The van der Waals surface area contributed by atoms with Crippen molar-refractivity contribution < 1.29 is 23.4 Å². The number of rotatable bonds is 9. The molecule has 158 valence electrons. The lowest BCUT2D eigenvalue weighted by atomic mass is 9.89. The van der Waals surface area contributed by atoms with Gasteiger partial charge in [0.1, 0.15) is 0 Å². The Morgan fingerprint density at radius 3 is 2.41 bits per heavy atom. The van der Waals surface area contributed by atoms with E-state index in [1.54, 1.807) is 33.5 Å². The molecule has 0 radical (unpaired) electrons. The molecule has 0 unspecified atom stereocenters. The topological polar surface area (TPSA) is 95.7 Å². The molecule has 9 heteroatoms. The Labute approximate surface area is 174 Å². The lowest BCUT2D eigenvalue weighted by Gasteiger charge is -2.21. The molecule has 29 heavy (non-hydrogen) atoms. The molecule has 0 atom stereocenters. The number of benzene rings is 1. The monoisotopic (exact) mass is 421 g/mol. The predicted octanol–water partition coefficient (Wildman–Crippen LogP) is 3.55. The van der Waals surface area contributed by atoms with E-state index >= 15 is 0 Å². The molecule has 1 saturated carbocycles. The molecule has 0 aliphatic heterocycles. The predicted molar refractivity (Wildman–Crippen MR) is 110 cm³/mol. The zero-order chi connectivity index (χ0) is 20.6. The maximum Gasteiger partial charge on any atom is 0.277 e. The quantitative estimate of drug-likeness (QED) is 0.614. The van der Waals surface area contributed by atoms with E-state index in [0.29, 0.717) is 39.8 Å². The number of carbonyl (C=O) groups is 1. The van der Waals surface area contributed by atoms with Gasteiger partial charge in [0.05, 0.1) is 27.1 Å². The van der Waals surface area contributed by atoms with E-state index in [-0.39, 0.29) is 11.7 Å². The van der Waals surface area contributed by atoms with Crippen LogP contribution in [0.1, 0.15) is 32.1 Å². The minimum atomic E-state index is -0.0203. The van der Waals surface area contributed by atoms with Crippen LogP contribution in [0, 0.1) is 5.92 Å². The number of nitrogens with one attached hydrogen (secondary N) is 1. The van der Waals surface area contributed by atoms with Crippen LogP contribution in [-0.2, 0) is 4.79 Å². The zero-order valence-electron chi connectivity index (χ0n) is 17.0. The van der Waals surface area contributed by atoms with Gasteiger partial charge in [0.15, 0.2) is 11.5 Å². The van der Waals surface area contributed by atoms with Crippen molar-refractivity contribution in [2.24, 2.45) is 5.92 Å². The minimum absolute atomic E-state index is 0.0203. The van der Waals surface area contributed by atoms with E-state index in [1.165, 1.54) is 43.9 Å². The molecule has 1 fully saturated rings. The number of hydrogen-bond donors (Lipinski definition) is 1. The summed E-state index contributed by atoms with van der Waals surface area (Å²) in [5.41, 5.74) is 0.639. The number of amides is 1. The van der Waals surface area contributed by atoms with Gasteiger partial charge >= 0.3 is 0 Å². The van der Waals surface area contributed by atoms with Crippen LogP contribution in [-0.4, -0.2) is 49.7 Å². The van der Waals surface area contributed by atoms with Crippen LogP contribution < -0.4 is 19.5 Å². The van der Waals surface area contributed by atoms with Crippen LogP contribution in [0.15, 0.2) is 21.8 Å². The molecule has 3 rings (SSSR count). The van der Waals surface area contributed by atoms with E-state index in [4.69, 9.17) is 18.6 Å². The zero-order valence-corrected chi connectivity index (χ0v) is 17.8. The average molecular weight is 422 g/mol. The van der Waals surface area contributed by atoms with Crippen LogP contribution in [0.2, 0.25) is 0 Å². The van der Waals surface area contributed by atoms with Crippen molar-refractivity contribution in [1.29, 1.82) is 0 Å². The number of aromatic nitrogens is 2. The fraction of sp³-hybridized carbons (Fsp3) is 0.550. The van der Waals surface area contributed by atoms with Gasteiger partial charge in [-0.25, -0.2) is 0 Å². The van der Waals surface area contributed by atoms with E-state index < -0.39 is 0 Å². The number of carbonyl (C=O) groups excluding carboxylic acids is 1. The molecule has 1 aromatic heterocycles. The largest absolute Gasteiger partial charge is 0.493 e. The second-order valence-electron chi connectivity index (χ2n) is 6.88. The van der Waals surface area contributed by atoms with Crippen LogP contribution in [0.25, 0.3) is 11.5 Å². The fourth-order valence-corrected chi connectivity index (χ4v) is 4.01. The molecule has 1 aromatic carbocycles. The minimum Gasteiger partial charge on any atom is -0.493 e. The fourth-order valence-electron chi connectivity index (χ4n) is 3.42. The molecule has 1 aliphatic carbocycles. The highest BCUT2D eigenvalue weighted by molar-refractivity contribution is 7.99. The van der Waals surface area contributed by atoms with Gasteiger partial charge in [0, 0.05) is 12.1 Å². The Bertz CT molecular complexity index is 795. The molecule has 1 aliphatic rings. The van der Waals surface area contributed by atoms with Gasteiger partial charge in [-0.1, -0.05) is 31.0 Å². The van der Waals surface area contributed by atoms with Crippen LogP contribution in [0.4, 0.5) is 0 Å². The molecule has 2 aromatic rings. The standard InChI is InChI=1S/C20H27N3O5S/c1-25-15-9-14(10-16(26-2)18(15)27-3)19-22-23-20(28-19)29-12-17(24)21-11-13-7-5-4-6-8-13/h9-10,13H,4-8,11-12H2,1-3H3,(H,21,24). The third kappa shape index (κ3) is 5.56. The van der Waals surface area contributed by atoms with Crippen molar-refractivity contribution in [3.63, 3.8) is 0 Å². The lowest BCUT2D eigenvalue weighted by Crippen LogP contribution is -2.31. The Balaban J connectivity index is 1.58. The number of methoxy groups -OCH3 is 3. The molecular weight excluding hydrogens is 394 g/mol. The van der Waals surface area contributed by atoms with E-state index in [9.17, 15) is 4.79 Å². The first-order valence-corrected chi connectivity index (χ1v) is 10.7. The van der Waals surface area contributed by atoms with Crippen LogP contribution in [0.5, 0.6) is 17.2 Å². The lowest BCUT2D eigenvalue weighted by molar-refractivity contribution is -0.118. The second kappa shape index (κ2) is 10.4. The van der Waals surface area contributed by atoms with Crippen molar-refractivity contribution in [3.05, 3.63) is 12.1 Å². The summed E-state index contributed by atoms with van der Waals surface area (Å²) in [6.07, 6.45) is 6.25. The van der Waals surface area contributed by atoms with Crippen molar-refractivity contribution in [1.82, 2.24) is 15.5 Å². The highest BCUT2D eigenvalue weighted by Gasteiger charge is 2.18. The molecule has 0 bridgehead atoms. The highest BCUT2D eigenvalue weighted by Crippen LogP contribution is 2.41. The summed E-state index contributed by atoms with van der Waals surface area (Å²) < 4.78 is 21.7. The molecule has 0 saturated heterocycles. The summed E-state index contributed by atoms with van der Waals surface area (Å²) >= 11 is 1.22. The van der Waals surface area contributed by atoms with Gasteiger partial charge < -0.3 is 23.9 Å².